The molecule has 1 N–H and O–H groups in total. The summed E-state index contributed by atoms with van der Waals surface area (Å²) >= 11 is 6.02. The van der Waals surface area contributed by atoms with Crippen LogP contribution in [0.1, 0.15) is 39.7 Å². The highest BCUT2D eigenvalue weighted by atomic mass is 35.5. The van der Waals surface area contributed by atoms with Gasteiger partial charge in [0.15, 0.2) is 11.5 Å². The molecule has 2 aromatic carbocycles. The molecule has 0 aromatic heterocycles. The number of fused-ring (bicyclic) bond motifs is 1. The summed E-state index contributed by atoms with van der Waals surface area (Å²) in [5.41, 5.74) is 0.507. The predicted molar refractivity (Wildman–Crippen MR) is 144 cm³/mol. The highest BCUT2D eigenvalue weighted by Crippen LogP contribution is 2.34. The lowest BCUT2D eigenvalue weighted by atomic mass is 10.1. The van der Waals surface area contributed by atoms with Crippen LogP contribution in [0.5, 0.6) is 11.5 Å². The van der Waals surface area contributed by atoms with Gasteiger partial charge in [-0.2, -0.15) is 0 Å². The molecule has 2 amide bonds. The van der Waals surface area contributed by atoms with Gasteiger partial charge in [0.05, 0.1) is 11.9 Å². The minimum absolute atomic E-state index is 0.102. The number of nitrogens with one attached hydrogen (secondary N) is 1. The summed E-state index contributed by atoms with van der Waals surface area (Å²) < 4.78 is 37.7. The number of rotatable bonds is 9. The lowest BCUT2D eigenvalue weighted by molar-refractivity contribution is -0.141. The van der Waals surface area contributed by atoms with Gasteiger partial charge in [-0.3, -0.25) is 13.9 Å². The van der Waals surface area contributed by atoms with Crippen molar-refractivity contribution in [1.29, 1.82) is 0 Å². The van der Waals surface area contributed by atoms with Crippen LogP contribution in [0, 0.1) is 0 Å². The Morgan fingerprint density at radius 2 is 1.68 bits per heavy atom. The van der Waals surface area contributed by atoms with E-state index in [-0.39, 0.29) is 18.1 Å². The molecular formula is C26H34ClN3O6S. The van der Waals surface area contributed by atoms with Crippen molar-refractivity contribution >= 4 is 39.1 Å². The molecule has 1 unspecified atom stereocenters. The second-order valence-corrected chi connectivity index (χ2v) is 12.3. The van der Waals surface area contributed by atoms with E-state index in [1.54, 1.807) is 36.4 Å². The van der Waals surface area contributed by atoms with Gasteiger partial charge in [0.1, 0.15) is 25.8 Å². The number of hydrogen-bond donors (Lipinski definition) is 1. The SMILES string of the molecule is CCC(C(=O)NC(C)(C)C)N(Cc1ccc(Cl)cc1)C(=O)CN(c1ccc2c(c1)OCCO2)S(C)(=O)=O. The summed E-state index contributed by atoms with van der Waals surface area (Å²) in [6.45, 7) is 7.72. The van der Waals surface area contributed by atoms with E-state index < -0.39 is 34.1 Å². The van der Waals surface area contributed by atoms with Gasteiger partial charge in [0.2, 0.25) is 21.8 Å². The Balaban J connectivity index is 1.96. The number of carbonyl (C=O) groups is 2. The number of hydrogen-bond acceptors (Lipinski definition) is 6. The zero-order chi connectivity index (χ0) is 27.4. The van der Waals surface area contributed by atoms with Crippen LogP contribution in [-0.2, 0) is 26.2 Å². The summed E-state index contributed by atoms with van der Waals surface area (Å²) in [7, 11) is -3.86. The summed E-state index contributed by atoms with van der Waals surface area (Å²) in [5, 5.41) is 3.48. The molecule has 0 radical (unpaired) electrons. The van der Waals surface area contributed by atoms with Crippen molar-refractivity contribution in [1.82, 2.24) is 10.2 Å². The molecule has 1 aliphatic heterocycles. The number of anilines is 1. The number of halogens is 1. The first-order chi connectivity index (χ1) is 17.3. The van der Waals surface area contributed by atoms with E-state index in [0.717, 1.165) is 16.1 Å². The molecule has 0 aliphatic carbocycles. The lowest BCUT2D eigenvalue weighted by Crippen LogP contribution is -2.55. The van der Waals surface area contributed by atoms with Crippen LogP contribution in [-0.4, -0.2) is 62.7 Å². The Kier molecular flexibility index (Phi) is 8.96. The quantitative estimate of drug-likeness (QED) is 0.510. The van der Waals surface area contributed by atoms with Crippen LogP contribution in [0.15, 0.2) is 42.5 Å². The van der Waals surface area contributed by atoms with E-state index in [0.29, 0.717) is 36.2 Å². The number of amides is 2. The predicted octanol–water partition coefficient (Wildman–Crippen LogP) is 3.60. The molecule has 202 valence electrons. The van der Waals surface area contributed by atoms with Gasteiger partial charge in [-0.15, -0.1) is 0 Å². The van der Waals surface area contributed by atoms with Gasteiger partial charge in [-0.1, -0.05) is 30.7 Å². The summed E-state index contributed by atoms with van der Waals surface area (Å²) in [5.74, 6) is 0.0663. The largest absolute Gasteiger partial charge is 0.486 e. The van der Waals surface area contributed by atoms with Gasteiger partial charge in [0, 0.05) is 23.2 Å². The van der Waals surface area contributed by atoms with Crippen LogP contribution in [0.25, 0.3) is 0 Å². The molecule has 2 aromatic rings. The topological polar surface area (TPSA) is 105 Å². The fraction of sp³-hybridized carbons (Fsp3) is 0.462. The second-order valence-electron chi connectivity index (χ2n) is 9.91. The molecule has 0 saturated heterocycles. The molecule has 1 atom stereocenters. The van der Waals surface area contributed by atoms with Crippen molar-refractivity contribution in [3.63, 3.8) is 0 Å². The Bertz CT molecular complexity index is 1230. The molecule has 37 heavy (non-hydrogen) atoms. The molecule has 0 spiro atoms. The highest BCUT2D eigenvalue weighted by molar-refractivity contribution is 7.92. The maximum atomic E-state index is 13.8. The molecule has 0 saturated carbocycles. The van der Waals surface area contributed by atoms with Crippen molar-refractivity contribution in [2.24, 2.45) is 0 Å². The van der Waals surface area contributed by atoms with Gasteiger partial charge < -0.3 is 19.7 Å². The first-order valence-corrected chi connectivity index (χ1v) is 14.2. The Labute approximate surface area is 223 Å². The smallest absolute Gasteiger partial charge is 0.244 e. The van der Waals surface area contributed by atoms with Crippen molar-refractivity contribution in [3.05, 3.63) is 53.1 Å². The van der Waals surface area contributed by atoms with E-state index in [1.165, 1.54) is 11.0 Å². The Hall–Kier alpha value is -2.98. The normalized spacial score (nSPS) is 14.0. The molecule has 9 nitrogen and oxygen atoms in total. The van der Waals surface area contributed by atoms with Crippen molar-refractivity contribution in [2.75, 3.05) is 30.3 Å². The van der Waals surface area contributed by atoms with Crippen LogP contribution in [0.2, 0.25) is 5.02 Å². The molecule has 0 bridgehead atoms. The highest BCUT2D eigenvalue weighted by Gasteiger charge is 2.33. The Morgan fingerprint density at radius 1 is 1.05 bits per heavy atom. The number of sulfonamides is 1. The fourth-order valence-corrected chi connectivity index (χ4v) is 4.93. The van der Waals surface area contributed by atoms with Crippen molar-refractivity contribution in [3.8, 4) is 11.5 Å². The third kappa shape index (κ3) is 7.75. The van der Waals surface area contributed by atoms with E-state index in [1.807, 2.05) is 27.7 Å². The van der Waals surface area contributed by atoms with E-state index in [9.17, 15) is 18.0 Å². The fourth-order valence-electron chi connectivity index (χ4n) is 3.96. The van der Waals surface area contributed by atoms with E-state index in [4.69, 9.17) is 21.1 Å². The monoisotopic (exact) mass is 551 g/mol. The van der Waals surface area contributed by atoms with Gasteiger partial charge in [0.25, 0.3) is 0 Å². The maximum Gasteiger partial charge on any atom is 0.244 e. The third-order valence-electron chi connectivity index (χ3n) is 5.64. The molecular weight excluding hydrogens is 518 g/mol. The number of benzene rings is 2. The number of carbonyl (C=O) groups excluding carboxylic acids is 2. The average molecular weight is 552 g/mol. The van der Waals surface area contributed by atoms with Crippen LogP contribution in [0.3, 0.4) is 0 Å². The molecule has 0 fully saturated rings. The lowest BCUT2D eigenvalue weighted by Gasteiger charge is -2.34. The zero-order valence-electron chi connectivity index (χ0n) is 21.8. The average Bonchev–Trinajstić information content (AvgIpc) is 2.81. The minimum atomic E-state index is -3.86. The maximum absolute atomic E-state index is 13.8. The Morgan fingerprint density at radius 3 is 2.24 bits per heavy atom. The third-order valence-corrected chi connectivity index (χ3v) is 7.04. The van der Waals surface area contributed by atoms with Crippen LogP contribution < -0.4 is 19.1 Å². The number of nitrogens with zero attached hydrogens (tertiary/aromatic N) is 2. The van der Waals surface area contributed by atoms with E-state index in [2.05, 4.69) is 5.32 Å². The molecule has 1 heterocycles. The van der Waals surface area contributed by atoms with Crippen LogP contribution in [0.4, 0.5) is 5.69 Å². The summed E-state index contributed by atoms with van der Waals surface area (Å²) in [4.78, 5) is 28.4. The zero-order valence-corrected chi connectivity index (χ0v) is 23.4. The van der Waals surface area contributed by atoms with Crippen molar-refractivity contribution < 1.29 is 27.5 Å². The molecule has 1 aliphatic rings. The minimum Gasteiger partial charge on any atom is -0.486 e. The van der Waals surface area contributed by atoms with Crippen molar-refractivity contribution in [2.45, 2.75) is 52.2 Å². The van der Waals surface area contributed by atoms with Gasteiger partial charge >= 0.3 is 0 Å². The first kappa shape index (κ1) is 28.6. The molecule has 3 rings (SSSR count). The van der Waals surface area contributed by atoms with Gasteiger partial charge in [-0.25, -0.2) is 8.42 Å². The standard InChI is InChI=1S/C26H34ClN3O6S/c1-6-21(25(32)28-26(2,3)4)29(16-18-7-9-19(27)10-8-18)24(31)17-30(37(5,33)34)20-11-12-22-23(15-20)36-14-13-35-22/h7-12,15,21H,6,13-14,16-17H2,1-5H3,(H,28,32). The van der Waals surface area contributed by atoms with Gasteiger partial charge in [-0.05, 0) is 57.0 Å². The summed E-state index contributed by atoms with van der Waals surface area (Å²) in [6, 6.07) is 10.8. The second kappa shape index (κ2) is 11.6. The first-order valence-electron chi connectivity index (χ1n) is 12.0. The van der Waals surface area contributed by atoms with E-state index >= 15 is 0 Å². The number of ether oxygens (including phenoxy) is 2. The summed E-state index contributed by atoms with van der Waals surface area (Å²) in [6.07, 6.45) is 1.37. The molecule has 11 heteroatoms. The van der Waals surface area contributed by atoms with Crippen LogP contribution >= 0.6 is 11.6 Å².